The number of hydrogen-bond donors (Lipinski definition) is 1. The molecule has 1 aliphatic rings. The molecule has 1 amide bonds. The summed E-state index contributed by atoms with van der Waals surface area (Å²) in [5, 5.41) is 11.9. The van der Waals surface area contributed by atoms with E-state index in [0.29, 0.717) is 29.2 Å². The van der Waals surface area contributed by atoms with Crippen LogP contribution in [0.4, 0.5) is 5.69 Å². The largest absolute Gasteiger partial charge is 0.503 e. The highest BCUT2D eigenvalue weighted by Gasteiger charge is 2.46. The van der Waals surface area contributed by atoms with Gasteiger partial charge in [-0.15, -0.1) is 0 Å². The van der Waals surface area contributed by atoms with E-state index in [2.05, 4.69) is 20.8 Å². The van der Waals surface area contributed by atoms with Crippen molar-refractivity contribution >= 4 is 28.3 Å². The van der Waals surface area contributed by atoms with Gasteiger partial charge < -0.3 is 14.3 Å². The normalized spacial score (nSPS) is 15.9. The van der Waals surface area contributed by atoms with Crippen molar-refractivity contribution in [1.29, 1.82) is 0 Å². The van der Waals surface area contributed by atoms with Crippen molar-refractivity contribution in [3.63, 3.8) is 0 Å². The highest BCUT2D eigenvalue weighted by molar-refractivity contribution is 6.21. The number of carbonyl (C=O) groups is 2. The average Bonchev–Trinajstić information content (AvgIpc) is 3.46. The molecule has 3 aromatic carbocycles. The number of furan rings is 1. The standard InChI is InChI=1S/C32H31NO5/c1-5-18-37-25-13-9-7-11-23(25)33-28(20-14-16-22(17-15-20)32(2,3)4)27(30(35)31(33)36)29(34)26-19-21-10-6-8-12-24(21)38-26/h6-17,19,28,35H,5,18H2,1-4H3. The van der Waals surface area contributed by atoms with Crippen LogP contribution < -0.4 is 9.64 Å². The van der Waals surface area contributed by atoms with Crippen molar-refractivity contribution in [2.75, 3.05) is 11.5 Å². The highest BCUT2D eigenvalue weighted by Crippen LogP contribution is 2.45. The lowest BCUT2D eigenvalue weighted by Gasteiger charge is -2.29. The van der Waals surface area contributed by atoms with Gasteiger partial charge in [-0.25, -0.2) is 0 Å². The SMILES string of the molecule is CCCOc1ccccc1N1C(=O)C(O)=C(C(=O)c2cc3ccccc3o2)C1c1ccc(C(C)(C)C)cc1. The van der Waals surface area contributed by atoms with E-state index in [1.807, 2.05) is 55.5 Å². The van der Waals surface area contributed by atoms with E-state index in [1.165, 1.54) is 4.90 Å². The molecule has 5 rings (SSSR count). The summed E-state index contributed by atoms with van der Waals surface area (Å²) in [7, 11) is 0. The van der Waals surface area contributed by atoms with E-state index >= 15 is 0 Å². The van der Waals surface area contributed by atoms with Crippen LogP contribution in [0, 0.1) is 0 Å². The van der Waals surface area contributed by atoms with Crippen LogP contribution in [0.15, 0.2) is 94.6 Å². The topological polar surface area (TPSA) is 80.0 Å². The molecule has 1 atom stereocenters. The van der Waals surface area contributed by atoms with Crippen LogP contribution in [0.25, 0.3) is 11.0 Å². The van der Waals surface area contributed by atoms with Crippen molar-refractivity contribution in [3.8, 4) is 5.75 Å². The van der Waals surface area contributed by atoms with Gasteiger partial charge in [0.1, 0.15) is 11.3 Å². The third-order valence-electron chi connectivity index (χ3n) is 6.78. The number of benzene rings is 3. The van der Waals surface area contributed by atoms with Gasteiger partial charge in [-0.2, -0.15) is 0 Å². The lowest BCUT2D eigenvalue weighted by atomic mass is 9.85. The Labute approximate surface area is 222 Å². The van der Waals surface area contributed by atoms with Crippen molar-refractivity contribution < 1.29 is 23.8 Å². The van der Waals surface area contributed by atoms with Gasteiger partial charge in [0, 0.05) is 5.39 Å². The maximum atomic E-state index is 13.9. The molecule has 1 aliphatic heterocycles. The number of nitrogens with zero attached hydrogens (tertiary/aromatic N) is 1. The van der Waals surface area contributed by atoms with Crippen LogP contribution in [0.1, 0.15) is 61.8 Å². The third kappa shape index (κ3) is 4.47. The summed E-state index contributed by atoms with van der Waals surface area (Å²) in [5.41, 5.74) is 2.75. The summed E-state index contributed by atoms with van der Waals surface area (Å²) < 4.78 is 11.8. The third-order valence-corrected chi connectivity index (χ3v) is 6.78. The Morgan fingerprint density at radius 2 is 1.68 bits per heavy atom. The van der Waals surface area contributed by atoms with Gasteiger partial charge >= 0.3 is 0 Å². The van der Waals surface area contributed by atoms with Gasteiger partial charge in [0.15, 0.2) is 11.5 Å². The minimum absolute atomic E-state index is 0.0251. The maximum Gasteiger partial charge on any atom is 0.294 e. The van der Waals surface area contributed by atoms with Crippen molar-refractivity contribution in [2.24, 2.45) is 0 Å². The first-order valence-electron chi connectivity index (χ1n) is 12.8. The number of hydrogen-bond acceptors (Lipinski definition) is 5. The Morgan fingerprint density at radius 3 is 2.37 bits per heavy atom. The van der Waals surface area contributed by atoms with Crippen LogP contribution in [-0.4, -0.2) is 23.4 Å². The van der Waals surface area contributed by atoms with E-state index in [-0.39, 0.29) is 16.7 Å². The minimum Gasteiger partial charge on any atom is -0.503 e. The summed E-state index contributed by atoms with van der Waals surface area (Å²) in [5.74, 6) is -1.22. The van der Waals surface area contributed by atoms with Gasteiger partial charge in [0.05, 0.1) is 23.9 Å². The predicted molar refractivity (Wildman–Crippen MR) is 148 cm³/mol. The fourth-order valence-corrected chi connectivity index (χ4v) is 4.78. The molecule has 0 fully saturated rings. The minimum atomic E-state index is -0.872. The molecule has 4 aromatic rings. The first kappa shape index (κ1) is 25.3. The van der Waals surface area contributed by atoms with Crippen LogP contribution >= 0.6 is 0 Å². The molecule has 1 N–H and O–H groups in total. The molecular formula is C32H31NO5. The Kier molecular flexibility index (Phi) is 6.57. The van der Waals surface area contributed by atoms with E-state index in [9.17, 15) is 14.7 Å². The highest BCUT2D eigenvalue weighted by atomic mass is 16.5. The summed E-state index contributed by atoms with van der Waals surface area (Å²) in [4.78, 5) is 29.0. The van der Waals surface area contributed by atoms with Gasteiger partial charge in [0.2, 0.25) is 5.78 Å². The molecule has 1 unspecified atom stereocenters. The number of ketones is 1. The number of aliphatic hydroxyl groups excluding tert-OH is 1. The smallest absolute Gasteiger partial charge is 0.294 e. The molecule has 0 bridgehead atoms. The zero-order valence-electron chi connectivity index (χ0n) is 22.0. The molecule has 0 saturated carbocycles. The number of Topliss-reactive ketones (excluding diaryl/α,β-unsaturated/α-hetero) is 1. The summed E-state index contributed by atoms with van der Waals surface area (Å²) in [6.45, 7) is 8.83. The van der Waals surface area contributed by atoms with Gasteiger partial charge in [0.25, 0.3) is 5.91 Å². The van der Waals surface area contributed by atoms with Crippen LogP contribution in [-0.2, 0) is 10.2 Å². The molecule has 1 aromatic heterocycles. The van der Waals surface area contributed by atoms with Crippen molar-refractivity contribution in [1.82, 2.24) is 0 Å². The van der Waals surface area contributed by atoms with Gasteiger partial charge in [-0.3, -0.25) is 14.5 Å². The number of aliphatic hydroxyl groups is 1. The molecule has 0 spiro atoms. The summed E-state index contributed by atoms with van der Waals surface area (Å²) >= 11 is 0. The zero-order valence-corrected chi connectivity index (χ0v) is 22.0. The van der Waals surface area contributed by atoms with E-state index in [1.54, 1.807) is 30.3 Å². The average molecular weight is 510 g/mol. The molecule has 2 heterocycles. The van der Waals surface area contributed by atoms with E-state index in [4.69, 9.17) is 9.15 Å². The second-order valence-corrected chi connectivity index (χ2v) is 10.5. The molecule has 0 saturated heterocycles. The number of fused-ring (bicyclic) bond motifs is 1. The van der Waals surface area contributed by atoms with Crippen LogP contribution in [0.3, 0.4) is 0 Å². The Morgan fingerprint density at radius 1 is 1.00 bits per heavy atom. The second kappa shape index (κ2) is 9.86. The summed E-state index contributed by atoms with van der Waals surface area (Å²) in [6, 6.07) is 23.1. The van der Waals surface area contributed by atoms with Crippen LogP contribution in [0.5, 0.6) is 5.75 Å². The molecule has 0 radical (unpaired) electrons. The van der Waals surface area contributed by atoms with E-state index in [0.717, 1.165) is 17.4 Å². The fourth-order valence-electron chi connectivity index (χ4n) is 4.78. The zero-order chi connectivity index (χ0) is 27.0. The lowest BCUT2D eigenvalue weighted by Crippen LogP contribution is -2.31. The Bertz CT molecular complexity index is 1510. The monoisotopic (exact) mass is 509 g/mol. The molecule has 6 heteroatoms. The number of amides is 1. The number of rotatable bonds is 7. The predicted octanol–water partition coefficient (Wildman–Crippen LogP) is 7.30. The molecule has 38 heavy (non-hydrogen) atoms. The maximum absolute atomic E-state index is 13.9. The fraction of sp³-hybridized carbons (Fsp3) is 0.250. The van der Waals surface area contributed by atoms with Crippen molar-refractivity contribution in [3.05, 3.63) is 107 Å². The molecule has 194 valence electrons. The first-order valence-corrected chi connectivity index (χ1v) is 12.8. The lowest BCUT2D eigenvalue weighted by molar-refractivity contribution is -0.117. The van der Waals surface area contributed by atoms with E-state index < -0.39 is 23.5 Å². The second-order valence-electron chi connectivity index (χ2n) is 10.5. The first-order chi connectivity index (χ1) is 18.2. The van der Waals surface area contributed by atoms with Crippen LogP contribution in [0.2, 0.25) is 0 Å². The van der Waals surface area contributed by atoms with Crippen molar-refractivity contribution in [2.45, 2.75) is 45.6 Å². The number of ether oxygens (including phenoxy) is 1. The van der Waals surface area contributed by atoms with Gasteiger partial charge in [-0.05, 0) is 47.2 Å². The molecule has 6 nitrogen and oxygen atoms in total. The quantitative estimate of drug-likeness (QED) is 0.264. The van der Waals surface area contributed by atoms with Gasteiger partial charge in [-0.1, -0.05) is 82.3 Å². The number of anilines is 1. The molecular weight excluding hydrogens is 478 g/mol. The molecule has 0 aliphatic carbocycles. The number of para-hydroxylation sites is 3. The Balaban J connectivity index is 1.66. The number of carbonyl (C=O) groups excluding carboxylic acids is 2. The Hall–Kier alpha value is -4.32. The summed E-state index contributed by atoms with van der Waals surface area (Å²) in [6.07, 6.45) is 0.791.